The number of benzene rings is 1. The predicted molar refractivity (Wildman–Crippen MR) is 82.4 cm³/mol. The molecule has 0 spiro atoms. The molecular formula is C18H22FNO. The van der Waals surface area contributed by atoms with Crippen LogP contribution in [-0.2, 0) is 6.54 Å². The Hall–Kier alpha value is -1.61. The van der Waals surface area contributed by atoms with Crippen molar-refractivity contribution in [1.29, 1.82) is 0 Å². The lowest BCUT2D eigenvalue weighted by Gasteiger charge is -2.14. The van der Waals surface area contributed by atoms with Crippen LogP contribution in [0.2, 0.25) is 0 Å². The third-order valence-electron chi connectivity index (χ3n) is 4.21. The molecule has 112 valence electrons. The number of hydrogen-bond donors (Lipinski definition) is 1. The molecule has 2 nitrogen and oxygen atoms in total. The van der Waals surface area contributed by atoms with Crippen molar-refractivity contribution < 1.29 is 8.81 Å². The minimum absolute atomic E-state index is 0.222. The van der Waals surface area contributed by atoms with Gasteiger partial charge in [-0.05, 0) is 49.2 Å². The van der Waals surface area contributed by atoms with Crippen LogP contribution < -0.4 is 5.32 Å². The summed E-state index contributed by atoms with van der Waals surface area (Å²) in [6.45, 7) is 0.770. The van der Waals surface area contributed by atoms with E-state index in [0.717, 1.165) is 23.6 Å². The van der Waals surface area contributed by atoms with Gasteiger partial charge in [-0.25, -0.2) is 4.39 Å². The second kappa shape index (κ2) is 6.90. The highest BCUT2D eigenvalue weighted by molar-refractivity contribution is 5.57. The van der Waals surface area contributed by atoms with Gasteiger partial charge in [0, 0.05) is 11.6 Å². The van der Waals surface area contributed by atoms with E-state index in [4.69, 9.17) is 4.42 Å². The summed E-state index contributed by atoms with van der Waals surface area (Å²) in [5.74, 6) is 1.52. The SMILES string of the molecule is Fc1ccc(-c2ccc(CNC3CCCCCC3)o2)cc1. The fourth-order valence-corrected chi connectivity index (χ4v) is 2.97. The van der Waals surface area contributed by atoms with Crippen molar-refractivity contribution in [1.82, 2.24) is 5.32 Å². The van der Waals surface area contributed by atoms with E-state index in [1.807, 2.05) is 12.1 Å². The van der Waals surface area contributed by atoms with E-state index in [1.165, 1.54) is 50.7 Å². The molecule has 1 aliphatic rings. The first-order valence-corrected chi connectivity index (χ1v) is 7.89. The largest absolute Gasteiger partial charge is 0.460 e. The smallest absolute Gasteiger partial charge is 0.134 e. The number of nitrogens with one attached hydrogen (secondary N) is 1. The molecule has 0 atom stereocenters. The normalized spacial score (nSPS) is 16.8. The fraction of sp³-hybridized carbons (Fsp3) is 0.444. The first-order chi connectivity index (χ1) is 10.3. The molecular weight excluding hydrogens is 265 g/mol. The third-order valence-corrected chi connectivity index (χ3v) is 4.21. The summed E-state index contributed by atoms with van der Waals surface area (Å²) < 4.78 is 18.8. The molecule has 1 fully saturated rings. The number of hydrogen-bond acceptors (Lipinski definition) is 2. The minimum atomic E-state index is -0.222. The fourth-order valence-electron chi connectivity index (χ4n) is 2.97. The number of halogens is 1. The van der Waals surface area contributed by atoms with Crippen molar-refractivity contribution >= 4 is 0 Å². The lowest BCUT2D eigenvalue weighted by Crippen LogP contribution is -2.27. The van der Waals surface area contributed by atoms with Gasteiger partial charge in [-0.15, -0.1) is 0 Å². The molecule has 0 amide bonds. The molecule has 21 heavy (non-hydrogen) atoms. The lowest BCUT2D eigenvalue weighted by atomic mass is 10.1. The van der Waals surface area contributed by atoms with Crippen molar-refractivity contribution in [2.75, 3.05) is 0 Å². The van der Waals surface area contributed by atoms with Crippen LogP contribution in [0, 0.1) is 5.82 Å². The maximum Gasteiger partial charge on any atom is 0.134 e. The van der Waals surface area contributed by atoms with Crippen LogP contribution in [-0.4, -0.2) is 6.04 Å². The highest BCUT2D eigenvalue weighted by Crippen LogP contribution is 2.23. The molecule has 0 bridgehead atoms. The second-order valence-corrected chi connectivity index (χ2v) is 5.84. The van der Waals surface area contributed by atoms with Crippen molar-refractivity contribution in [2.45, 2.75) is 51.1 Å². The Morgan fingerprint density at radius 2 is 1.67 bits per heavy atom. The highest BCUT2D eigenvalue weighted by Gasteiger charge is 2.12. The molecule has 3 rings (SSSR count). The van der Waals surface area contributed by atoms with Crippen LogP contribution in [0.3, 0.4) is 0 Å². The van der Waals surface area contributed by atoms with Gasteiger partial charge in [-0.3, -0.25) is 0 Å². The van der Waals surface area contributed by atoms with Crippen LogP contribution in [0.1, 0.15) is 44.3 Å². The van der Waals surface area contributed by atoms with Gasteiger partial charge in [0.1, 0.15) is 17.3 Å². The molecule has 3 heteroatoms. The molecule has 2 aromatic rings. The molecule has 1 aromatic carbocycles. The second-order valence-electron chi connectivity index (χ2n) is 5.84. The predicted octanol–water partition coefficient (Wildman–Crippen LogP) is 4.90. The Balaban J connectivity index is 1.58. The number of rotatable bonds is 4. The molecule has 0 unspecified atom stereocenters. The highest BCUT2D eigenvalue weighted by atomic mass is 19.1. The van der Waals surface area contributed by atoms with Gasteiger partial charge in [0.2, 0.25) is 0 Å². The van der Waals surface area contributed by atoms with Gasteiger partial charge in [0.05, 0.1) is 6.54 Å². The van der Waals surface area contributed by atoms with Gasteiger partial charge < -0.3 is 9.73 Å². The topological polar surface area (TPSA) is 25.2 Å². The molecule has 0 saturated heterocycles. The summed E-state index contributed by atoms with van der Waals surface area (Å²) in [5, 5.41) is 3.60. The van der Waals surface area contributed by atoms with E-state index in [1.54, 1.807) is 12.1 Å². The molecule has 1 aromatic heterocycles. The van der Waals surface area contributed by atoms with Gasteiger partial charge in [-0.1, -0.05) is 25.7 Å². The van der Waals surface area contributed by atoms with E-state index in [2.05, 4.69) is 5.32 Å². The zero-order chi connectivity index (χ0) is 14.5. The minimum Gasteiger partial charge on any atom is -0.460 e. The molecule has 1 saturated carbocycles. The van der Waals surface area contributed by atoms with Crippen molar-refractivity contribution in [2.24, 2.45) is 0 Å². The van der Waals surface area contributed by atoms with Gasteiger partial charge in [-0.2, -0.15) is 0 Å². The zero-order valence-corrected chi connectivity index (χ0v) is 12.3. The standard InChI is InChI=1S/C18H22FNO/c19-15-9-7-14(8-10-15)18-12-11-17(21-18)13-20-16-5-3-1-2-4-6-16/h7-12,16,20H,1-6,13H2. The van der Waals surface area contributed by atoms with Crippen molar-refractivity contribution in [3.8, 4) is 11.3 Å². The van der Waals surface area contributed by atoms with E-state index >= 15 is 0 Å². The maximum absolute atomic E-state index is 12.9. The van der Waals surface area contributed by atoms with Gasteiger partial charge in [0.25, 0.3) is 0 Å². The van der Waals surface area contributed by atoms with Crippen molar-refractivity contribution in [3.63, 3.8) is 0 Å². The van der Waals surface area contributed by atoms with Crippen molar-refractivity contribution in [3.05, 3.63) is 48.0 Å². The summed E-state index contributed by atoms with van der Waals surface area (Å²) in [6.07, 6.45) is 7.94. The average molecular weight is 287 g/mol. The van der Waals surface area contributed by atoms with E-state index < -0.39 is 0 Å². The Morgan fingerprint density at radius 1 is 0.952 bits per heavy atom. The van der Waals surface area contributed by atoms with E-state index in [0.29, 0.717) is 6.04 Å². The maximum atomic E-state index is 12.9. The monoisotopic (exact) mass is 287 g/mol. The van der Waals surface area contributed by atoms with Crippen LogP contribution in [0.25, 0.3) is 11.3 Å². The van der Waals surface area contributed by atoms with Crippen LogP contribution in [0.5, 0.6) is 0 Å². The summed E-state index contributed by atoms with van der Waals surface area (Å²) >= 11 is 0. The van der Waals surface area contributed by atoms with E-state index in [-0.39, 0.29) is 5.82 Å². The third kappa shape index (κ3) is 3.94. The average Bonchev–Trinajstić information content (AvgIpc) is 2.81. The Labute approximate surface area is 125 Å². The zero-order valence-electron chi connectivity index (χ0n) is 12.3. The summed E-state index contributed by atoms with van der Waals surface area (Å²) in [5.41, 5.74) is 0.914. The molecule has 1 aliphatic carbocycles. The first-order valence-electron chi connectivity index (χ1n) is 7.89. The van der Waals surface area contributed by atoms with Crippen LogP contribution in [0.15, 0.2) is 40.8 Å². The van der Waals surface area contributed by atoms with Crippen LogP contribution in [0.4, 0.5) is 4.39 Å². The summed E-state index contributed by atoms with van der Waals surface area (Å²) in [4.78, 5) is 0. The molecule has 1 heterocycles. The number of furan rings is 1. The Kier molecular flexibility index (Phi) is 4.71. The van der Waals surface area contributed by atoms with Crippen LogP contribution >= 0.6 is 0 Å². The molecule has 0 aliphatic heterocycles. The summed E-state index contributed by atoms with van der Waals surface area (Å²) in [6, 6.07) is 11.0. The lowest BCUT2D eigenvalue weighted by molar-refractivity contribution is 0.420. The van der Waals surface area contributed by atoms with E-state index in [9.17, 15) is 4.39 Å². The Bertz CT molecular complexity index is 553. The quantitative estimate of drug-likeness (QED) is 0.809. The Morgan fingerprint density at radius 3 is 2.38 bits per heavy atom. The van der Waals surface area contributed by atoms with Gasteiger partial charge in [0.15, 0.2) is 0 Å². The summed E-state index contributed by atoms with van der Waals surface area (Å²) in [7, 11) is 0. The molecule has 1 N–H and O–H groups in total. The molecule has 0 radical (unpaired) electrons. The van der Waals surface area contributed by atoms with Gasteiger partial charge >= 0.3 is 0 Å². The first kappa shape index (κ1) is 14.3.